The van der Waals surface area contributed by atoms with Gasteiger partial charge in [-0.1, -0.05) is 12.1 Å². The molecule has 2 heterocycles. The third-order valence-corrected chi connectivity index (χ3v) is 5.27. The number of hydrogen-bond acceptors (Lipinski definition) is 5. The molecule has 4 rings (SSSR count). The number of aliphatic hydroxyl groups is 1. The maximum Gasteiger partial charge on any atom is 0.122 e. The zero-order valence-corrected chi connectivity index (χ0v) is 15.9. The van der Waals surface area contributed by atoms with Gasteiger partial charge < -0.3 is 14.7 Å². The Morgan fingerprint density at radius 2 is 2.04 bits per heavy atom. The Labute approximate surface area is 164 Å². The minimum atomic E-state index is 0.175. The van der Waals surface area contributed by atoms with Gasteiger partial charge in [-0.05, 0) is 55.7 Å². The van der Waals surface area contributed by atoms with E-state index in [-0.39, 0.29) is 12.6 Å². The second-order valence-corrected chi connectivity index (χ2v) is 7.23. The molecular weight excluding hydrogens is 350 g/mol. The standard InChI is InChI=1S/C23H23N3O2/c1-16-11-23(26-10-2-3-19(26)14-27)21-9-8-20(12-22(21)25-16)28-15-18-6-4-17(13-24)5-7-18/h4-9,11-12,19,27H,2-3,10,14-15H2,1H3/t19-/m1/s1. The van der Waals surface area contributed by atoms with Gasteiger partial charge >= 0.3 is 0 Å². The predicted octanol–water partition coefficient (Wildman–Crippen LogP) is 3.96. The topological polar surface area (TPSA) is 69.4 Å². The van der Waals surface area contributed by atoms with E-state index in [0.29, 0.717) is 12.2 Å². The van der Waals surface area contributed by atoms with E-state index in [0.717, 1.165) is 53.0 Å². The molecule has 1 saturated heterocycles. The number of aliphatic hydroxyl groups excluding tert-OH is 1. The Kier molecular flexibility index (Phi) is 5.14. The molecule has 3 aromatic rings. The van der Waals surface area contributed by atoms with Crippen LogP contribution in [0.4, 0.5) is 5.69 Å². The molecule has 1 aliphatic rings. The van der Waals surface area contributed by atoms with Crippen molar-refractivity contribution in [3.63, 3.8) is 0 Å². The van der Waals surface area contributed by atoms with Crippen molar-refractivity contribution in [2.45, 2.75) is 32.4 Å². The zero-order valence-electron chi connectivity index (χ0n) is 15.9. The van der Waals surface area contributed by atoms with E-state index in [4.69, 9.17) is 15.0 Å². The number of nitriles is 1. The molecule has 28 heavy (non-hydrogen) atoms. The summed E-state index contributed by atoms with van der Waals surface area (Å²) in [7, 11) is 0. The first-order chi connectivity index (χ1) is 13.7. The van der Waals surface area contributed by atoms with Crippen LogP contribution in [0.2, 0.25) is 0 Å². The van der Waals surface area contributed by atoms with Crippen molar-refractivity contribution in [2.24, 2.45) is 0 Å². The molecule has 0 radical (unpaired) electrons. The minimum Gasteiger partial charge on any atom is -0.489 e. The molecule has 0 amide bonds. The Hall–Kier alpha value is -3.10. The molecule has 0 saturated carbocycles. The molecule has 1 N–H and O–H groups in total. The minimum absolute atomic E-state index is 0.175. The molecule has 142 valence electrons. The number of fused-ring (bicyclic) bond motifs is 1. The van der Waals surface area contributed by atoms with Crippen LogP contribution >= 0.6 is 0 Å². The second kappa shape index (κ2) is 7.87. The summed E-state index contributed by atoms with van der Waals surface area (Å²) in [6.45, 7) is 3.57. The van der Waals surface area contributed by atoms with Crippen molar-refractivity contribution in [1.82, 2.24) is 4.98 Å². The van der Waals surface area contributed by atoms with Crippen molar-refractivity contribution in [1.29, 1.82) is 5.26 Å². The molecule has 1 fully saturated rings. The van der Waals surface area contributed by atoms with Gasteiger partial charge in [0.2, 0.25) is 0 Å². The van der Waals surface area contributed by atoms with Gasteiger partial charge in [-0.15, -0.1) is 0 Å². The van der Waals surface area contributed by atoms with Crippen molar-refractivity contribution < 1.29 is 9.84 Å². The Bertz CT molecular complexity index is 1020. The first kappa shape index (κ1) is 18.3. The number of nitrogens with zero attached hydrogens (tertiary/aromatic N) is 3. The number of benzene rings is 2. The van der Waals surface area contributed by atoms with Gasteiger partial charge in [0, 0.05) is 29.4 Å². The molecule has 1 atom stereocenters. The largest absolute Gasteiger partial charge is 0.489 e. The average molecular weight is 373 g/mol. The zero-order chi connectivity index (χ0) is 19.5. The smallest absolute Gasteiger partial charge is 0.122 e. The molecule has 0 bridgehead atoms. The van der Waals surface area contributed by atoms with Crippen molar-refractivity contribution in [3.8, 4) is 11.8 Å². The fourth-order valence-corrected chi connectivity index (χ4v) is 3.83. The molecule has 5 nitrogen and oxygen atoms in total. The molecule has 0 unspecified atom stereocenters. The van der Waals surface area contributed by atoms with Gasteiger partial charge in [-0.2, -0.15) is 5.26 Å². The molecule has 1 aliphatic heterocycles. The van der Waals surface area contributed by atoms with Crippen LogP contribution in [0.5, 0.6) is 5.75 Å². The molecule has 1 aromatic heterocycles. The lowest BCUT2D eigenvalue weighted by molar-refractivity contribution is 0.266. The SMILES string of the molecule is Cc1cc(N2CCC[C@@H]2CO)c2ccc(OCc3ccc(C#N)cc3)cc2n1. The quantitative estimate of drug-likeness (QED) is 0.733. The van der Waals surface area contributed by atoms with Crippen LogP contribution in [-0.2, 0) is 6.61 Å². The monoisotopic (exact) mass is 373 g/mol. The summed E-state index contributed by atoms with van der Waals surface area (Å²) < 4.78 is 5.94. The fourth-order valence-electron chi connectivity index (χ4n) is 3.83. The Balaban J connectivity index is 1.59. The highest BCUT2D eigenvalue weighted by molar-refractivity contribution is 5.93. The number of hydrogen-bond donors (Lipinski definition) is 1. The van der Waals surface area contributed by atoms with E-state index in [1.165, 1.54) is 0 Å². The summed E-state index contributed by atoms with van der Waals surface area (Å²) in [5.41, 5.74) is 4.65. The van der Waals surface area contributed by atoms with Crippen LogP contribution < -0.4 is 9.64 Å². The van der Waals surface area contributed by atoms with Crippen LogP contribution in [-0.4, -0.2) is 29.3 Å². The lowest BCUT2D eigenvalue weighted by Crippen LogP contribution is -2.32. The van der Waals surface area contributed by atoms with Crippen molar-refractivity contribution >= 4 is 16.6 Å². The van der Waals surface area contributed by atoms with Crippen LogP contribution in [0.3, 0.4) is 0 Å². The predicted molar refractivity (Wildman–Crippen MR) is 109 cm³/mol. The van der Waals surface area contributed by atoms with E-state index in [1.807, 2.05) is 31.2 Å². The number of anilines is 1. The van der Waals surface area contributed by atoms with E-state index < -0.39 is 0 Å². The number of ether oxygens (including phenoxy) is 1. The van der Waals surface area contributed by atoms with E-state index in [9.17, 15) is 5.11 Å². The number of pyridine rings is 1. The summed E-state index contributed by atoms with van der Waals surface area (Å²) in [4.78, 5) is 6.99. The second-order valence-electron chi connectivity index (χ2n) is 7.23. The third kappa shape index (κ3) is 3.64. The van der Waals surface area contributed by atoms with Crippen LogP contribution in [0.15, 0.2) is 48.5 Å². The normalized spacial score (nSPS) is 16.3. The highest BCUT2D eigenvalue weighted by Crippen LogP contribution is 2.34. The number of aromatic nitrogens is 1. The van der Waals surface area contributed by atoms with Crippen molar-refractivity contribution in [2.75, 3.05) is 18.1 Å². The van der Waals surface area contributed by atoms with E-state index in [2.05, 4.69) is 23.1 Å². The highest BCUT2D eigenvalue weighted by Gasteiger charge is 2.25. The summed E-state index contributed by atoms with van der Waals surface area (Å²) in [6, 6.07) is 17.8. The van der Waals surface area contributed by atoms with Gasteiger partial charge in [0.25, 0.3) is 0 Å². The summed E-state index contributed by atoms with van der Waals surface area (Å²) in [6.07, 6.45) is 2.12. The van der Waals surface area contributed by atoms with Crippen LogP contribution in [0, 0.1) is 18.3 Å². The molecular formula is C23H23N3O2. The lowest BCUT2D eigenvalue weighted by atomic mass is 10.1. The number of rotatable bonds is 5. The maximum atomic E-state index is 9.70. The maximum absolute atomic E-state index is 9.70. The van der Waals surface area contributed by atoms with Crippen molar-refractivity contribution in [3.05, 3.63) is 65.4 Å². The summed E-state index contributed by atoms with van der Waals surface area (Å²) in [5, 5.41) is 19.7. The first-order valence-corrected chi connectivity index (χ1v) is 9.58. The van der Waals surface area contributed by atoms with Gasteiger partial charge in [-0.3, -0.25) is 4.98 Å². The Morgan fingerprint density at radius 3 is 2.79 bits per heavy atom. The summed E-state index contributed by atoms with van der Waals surface area (Å²) in [5.74, 6) is 0.765. The Morgan fingerprint density at radius 1 is 1.21 bits per heavy atom. The average Bonchev–Trinajstić information content (AvgIpc) is 3.20. The molecule has 0 spiro atoms. The van der Waals surface area contributed by atoms with E-state index >= 15 is 0 Å². The van der Waals surface area contributed by atoms with E-state index in [1.54, 1.807) is 12.1 Å². The molecule has 5 heteroatoms. The van der Waals surface area contributed by atoms with Crippen LogP contribution in [0.1, 0.15) is 29.7 Å². The summed E-state index contributed by atoms with van der Waals surface area (Å²) >= 11 is 0. The molecule has 2 aromatic carbocycles. The van der Waals surface area contributed by atoms with Gasteiger partial charge in [-0.25, -0.2) is 0 Å². The van der Waals surface area contributed by atoms with Gasteiger partial charge in [0.1, 0.15) is 12.4 Å². The van der Waals surface area contributed by atoms with Gasteiger partial charge in [0.05, 0.1) is 29.8 Å². The first-order valence-electron chi connectivity index (χ1n) is 9.58. The third-order valence-electron chi connectivity index (χ3n) is 5.27. The van der Waals surface area contributed by atoms with Crippen LogP contribution in [0.25, 0.3) is 10.9 Å². The van der Waals surface area contributed by atoms with Gasteiger partial charge in [0.15, 0.2) is 0 Å². The number of aryl methyl sites for hydroxylation is 1. The highest BCUT2D eigenvalue weighted by atomic mass is 16.5. The lowest BCUT2D eigenvalue weighted by Gasteiger charge is -2.27. The molecule has 0 aliphatic carbocycles. The fraction of sp³-hybridized carbons (Fsp3) is 0.304.